The molecule has 1 aliphatic heterocycles. The summed E-state index contributed by atoms with van der Waals surface area (Å²) in [6.45, 7) is 0.816. The van der Waals surface area contributed by atoms with E-state index in [1.165, 1.54) is 0 Å². The first-order chi connectivity index (χ1) is 7.22. The summed E-state index contributed by atoms with van der Waals surface area (Å²) in [5, 5.41) is 12.1. The van der Waals surface area contributed by atoms with Crippen molar-refractivity contribution in [3.8, 4) is 11.8 Å². The van der Waals surface area contributed by atoms with Crippen LogP contribution < -0.4 is 15.8 Å². The molecule has 1 aromatic rings. The number of nitriles is 1. The summed E-state index contributed by atoms with van der Waals surface area (Å²) in [6, 6.07) is 5.49. The lowest BCUT2D eigenvalue weighted by Gasteiger charge is -2.28. The topological polar surface area (TPSA) is 71.1 Å². The van der Waals surface area contributed by atoms with Gasteiger partial charge in [0.25, 0.3) is 0 Å². The van der Waals surface area contributed by atoms with E-state index in [2.05, 4.69) is 11.4 Å². The summed E-state index contributed by atoms with van der Waals surface area (Å²) in [6.07, 6.45) is 2.16. The molecule has 15 heavy (non-hydrogen) atoms. The zero-order valence-corrected chi connectivity index (χ0v) is 8.21. The Bertz CT molecular complexity index is 471. The van der Waals surface area contributed by atoms with E-state index in [0.717, 1.165) is 30.8 Å². The molecule has 1 fully saturated rings. The van der Waals surface area contributed by atoms with Crippen LogP contribution in [-0.2, 0) is 0 Å². The summed E-state index contributed by atoms with van der Waals surface area (Å²) in [4.78, 5) is 0. The minimum Gasteiger partial charge on any atom is -0.483 e. The van der Waals surface area contributed by atoms with Gasteiger partial charge >= 0.3 is 0 Å². The number of benzene rings is 1. The smallest absolute Gasteiger partial charge is 0.146 e. The van der Waals surface area contributed by atoms with Crippen LogP contribution in [-0.4, -0.2) is 12.1 Å². The van der Waals surface area contributed by atoms with Crippen LogP contribution in [0.15, 0.2) is 12.1 Å². The van der Waals surface area contributed by atoms with Gasteiger partial charge in [-0.2, -0.15) is 5.26 Å². The molecule has 0 saturated heterocycles. The molecule has 1 aliphatic carbocycles. The van der Waals surface area contributed by atoms with E-state index >= 15 is 0 Å². The van der Waals surface area contributed by atoms with E-state index in [9.17, 15) is 0 Å². The monoisotopic (exact) mass is 201 g/mol. The lowest BCUT2D eigenvalue weighted by Crippen LogP contribution is -2.33. The molecule has 0 bridgehead atoms. The molecule has 3 N–H and O–H groups in total. The standard InChI is InChI=1S/C11H11N3O/c12-5-7-3-8(13)10-9(4-7)15-11(1-2-11)6-14-10/h3-4,14H,1-2,6,13H2. The zero-order valence-electron chi connectivity index (χ0n) is 8.21. The van der Waals surface area contributed by atoms with Gasteiger partial charge in [0.1, 0.15) is 17.0 Å². The van der Waals surface area contributed by atoms with Crippen molar-refractivity contribution in [3.05, 3.63) is 17.7 Å². The van der Waals surface area contributed by atoms with E-state index in [-0.39, 0.29) is 5.60 Å². The van der Waals surface area contributed by atoms with E-state index in [0.29, 0.717) is 11.3 Å². The highest BCUT2D eigenvalue weighted by Crippen LogP contribution is 2.47. The molecule has 1 saturated carbocycles. The summed E-state index contributed by atoms with van der Waals surface area (Å²) < 4.78 is 5.86. The van der Waals surface area contributed by atoms with Crippen LogP contribution >= 0.6 is 0 Å². The fourth-order valence-electron chi connectivity index (χ4n) is 1.91. The first-order valence-electron chi connectivity index (χ1n) is 4.99. The van der Waals surface area contributed by atoms with Gasteiger partial charge in [0.2, 0.25) is 0 Å². The van der Waals surface area contributed by atoms with Gasteiger partial charge in [-0.25, -0.2) is 0 Å². The third-order valence-corrected chi connectivity index (χ3v) is 2.98. The maximum absolute atomic E-state index is 8.83. The van der Waals surface area contributed by atoms with Crippen molar-refractivity contribution in [2.45, 2.75) is 18.4 Å². The zero-order chi connectivity index (χ0) is 10.5. The SMILES string of the molecule is N#Cc1cc(N)c2c(c1)OC1(CC1)CN2. The molecular formula is C11H11N3O. The molecule has 3 rings (SSSR count). The highest BCUT2D eigenvalue weighted by Gasteiger charge is 2.48. The van der Waals surface area contributed by atoms with Crippen molar-refractivity contribution in [1.82, 2.24) is 0 Å². The third kappa shape index (κ3) is 1.20. The number of anilines is 2. The Hall–Kier alpha value is -1.89. The molecule has 0 atom stereocenters. The first kappa shape index (κ1) is 8.42. The van der Waals surface area contributed by atoms with Gasteiger partial charge in [-0.3, -0.25) is 0 Å². The Morgan fingerprint density at radius 3 is 2.93 bits per heavy atom. The largest absolute Gasteiger partial charge is 0.483 e. The molecule has 0 radical (unpaired) electrons. The lowest BCUT2D eigenvalue weighted by molar-refractivity contribution is 0.184. The van der Waals surface area contributed by atoms with Crippen molar-refractivity contribution in [2.75, 3.05) is 17.6 Å². The summed E-state index contributed by atoms with van der Waals surface area (Å²) in [7, 11) is 0. The minimum absolute atomic E-state index is 0.0203. The average molecular weight is 201 g/mol. The van der Waals surface area contributed by atoms with Crippen molar-refractivity contribution in [2.24, 2.45) is 0 Å². The molecule has 0 aromatic heterocycles. The number of hydrogen-bond donors (Lipinski definition) is 2. The normalized spacial score (nSPS) is 19.7. The summed E-state index contributed by atoms with van der Waals surface area (Å²) in [5.74, 6) is 0.718. The van der Waals surface area contributed by atoms with Gasteiger partial charge in [0, 0.05) is 6.07 Å². The number of nitrogens with zero attached hydrogens (tertiary/aromatic N) is 1. The van der Waals surface area contributed by atoms with Gasteiger partial charge in [-0.15, -0.1) is 0 Å². The lowest BCUT2D eigenvalue weighted by atomic mass is 10.1. The fraction of sp³-hybridized carbons (Fsp3) is 0.364. The van der Waals surface area contributed by atoms with Crippen LogP contribution in [0.3, 0.4) is 0 Å². The summed E-state index contributed by atoms with van der Waals surface area (Å²) in [5.41, 5.74) is 7.77. The maximum atomic E-state index is 8.83. The average Bonchev–Trinajstić information content (AvgIpc) is 2.97. The van der Waals surface area contributed by atoms with Crippen LogP contribution in [0, 0.1) is 11.3 Å². The number of rotatable bonds is 0. The van der Waals surface area contributed by atoms with Crippen molar-refractivity contribution < 1.29 is 4.74 Å². The molecule has 1 spiro atoms. The second kappa shape index (κ2) is 2.57. The Morgan fingerprint density at radius 1 is 1.47 bits per heavy atom. The minimum atomic E-state index is -0.0203. The number of hydrogen-bond acceptors (Lipinski definition) is 4. The summed E-state index contributed by atoms with van der Waals surface area (Å²) >= 11 is 0. The predicted octanol–water partition coefficient (Wildman–Crippen LogP) is 1.48. The van der Waals surface area contributed by atoms with E-state index in [1.54, 1.807) is 12.1 Å². The van der Waals surface area contributed by atoms with Crippen molar-refractivity contribution >= 4 is 11.4 Å². The van der Waals surface area contributed by atoms with E-state index < -0.39 is 0 Å². The number of nitrogens with one attached hydrogen (secondary N) is 1. The Balaban J connectivity index is 2.08. The second-order valence-electron chi connectivity index (χ2n) is 4.19. The van der Waals surface area contributed by atoms with Gasteiger partial charge in [0.05, 0.1) is 23.9 Å². The quantitative estimate of drug-likeness (QED) is 0.623. The fourth-order valence-corrected chi connectivity index (χ4v) is 1.91. The van der Waals surface area contributed by atoms with Crippen LogP contribution in [0.1, 0.15) is 18.4 Å². The molecule has 0 unspecified atom stereocenters. The number of nitrogens with two attached hydrogens (primary N) is 1. The van der Waals surface area contributed by atoms with Crippen LogP contribution in [0.25, 0.3) is 0 Å². The van der Waals surface area contributed by atoms with Gasteiger partial charge in [-0.1, -0.05) is 0 Å². The Morgan fingerprint density at radius 2 is 2.27 bits per heavy atom. The van der Waals surface area contributed by atoms with Crippen LogP contribution in [0.5, 0.6) is 5.75 Å². The van der Waals surface area contributed by atoms with Gasteiger partial charge < -0.3 is 15.8 Å². The van der Waals surface area contributed by atoms with Gasteiger partial charge in [-0.05, 0) is 18.9 Å². The van der Waals surface area contributed by atoms with Crippen molar-refractivity contribution in [1.29, 1.82) is 5.26 Å². The molecule has 76 valence electrons. The maximum Gasteiger partial charge on any atom is 0.146 e. The van der Waals surface area contributed by atoms with Crippen LogP contribution in [0.2, 0.25) is 0 Å². The Labute approximate surface area is 87.6 Å². The number of ether oxygens (including phenoxy) is 1. The van der Waals surface area contributed by atoms with Crippen LogP contribution in [0.4, 0.5) is 11.4 Å². The Kier molecular flexibility index (Phi) is 1.44. The van der Waals surface area contributed by atoms with E-state index in [1.807, 2.05) is 0 Å². The van der Waals surface area contributed by atoms with Gasteiger partial charge in [0.15, 0.2) is 0 Å². The molecule has 2 aliphatic rings. The highest BCUT2D eigenvalue weighted by molar-refractivity contribution is 5.77. The number of nitrogen functional groups attached to an aromatic ring is 1. The second-order valence-corrected chi connectivity index (χ2v) is 4.19. The first-order valence-corrected chi connectivity index (χ1v) is 4.99. The molecule has 4 nitrogen and oxygen atoms in total. The molecule has 1 heterocycles. The van der Waals surface area contributed by atoms with Crippen molar-refractivity contribution in [3.63, 3.8) is 0 Å². The predicted molar refractivity (Wildman–Crippen MR) is 56.7 cm³/mol. The molecule has 0 amide bonds. The molecular weight excluding hydrogens is 190 g/mol. The third-order valence-electron chi connectivity index (χ3n) is 2.98. The highest BCUT2D eigenvalue weighted by atomic mass is 16.5. The number of fused-ring (bicyclic) bond motifs is 1. The molecule has 4 heteroatoms. The van der Waals surface area contributed by atoms with E-state index in [4.69, 9.17) is 15.7 Å². The molecule has 1 aromatic carbocycles.